The fourth-order valence-corrected chi connectivity index (χ4v) is 5.95. The number of aryl methyl sites for hydroxylation is 1. The van der Waals surface area contributed by atoms with Gasteiger partial charge in [-0.05, 0) is 42.5 Å². The molecule has 9 heteroatoms. The molecule has 0 saturated heterocycles. The third-order valence-electron chi connectivity index (χ3n) is 7.68. The number of hydrogen-bond acceptors (Lipinski definition) is 7. The third kappa shape index (κ3) is 2.60. The number of aliphatic hydroxyl groups is 2. The molecule has 1 aliphatic carbocycles. The monoisotopic (exact) mass is 466 g/mol. The molecule has 8 nitrogen and oxygen atoms in total. The van der Waals surface area contributed by atoms with Crippen LogP contribution in [0.5, 0.6) is 0 Å². The fourth-order valence-electron chi connectivity index (χ4n) is 5.95. The summed E-state index contributed by atoms with van der Waals surface area (Å²) in [6.07, 6.45) is -0.422. The number of halogens is 1. The molecule has 0 spiro atoms. The summed E-state index contributed by atoms with van der Waals surface area (Å²) in [6.45, 7) is 1.83. The second-order valence-electron chi connectivity index (χ2n) is 9.41. The van der Waals surface area contributed by atoms with E-state index < -0.39 is 17.5 Å². The van der Waals surface area contributed by atoms with Gasteiger partial charge in [-0.1, -0.05) is 0 Å². The summed E-state index contributed by atoms with van der Waals surface area (Å²) in [5.74, 6) is -1.17. The molecule has 2 aliphatic heterocycles. The maximum atomic E-state index is 14.9. The van der Waals surface area contributed by atoms with Gasteiger partial charge in [0, 0.05) is 35.1 Å². The second-order valence-corrected chi connectivity index (χ2v) is 9.41. The standard InChI is InChI=1S/C25H23FN2O6/c1-11-12-3-4-25(9-29,10-33-2)20-14-7-28-18(21(14)27-17(19(12)20)6-16(11)26)5-13-15(23(28)31)8-34-24(32)22(13)30/h5-6,22,29-30H,3-4,7-10H2,1-2H3. The Morgan fingerprint density at radius 3 is 2.82 bits per heavy atom. The molecule has 176 valence electrons. The van der Waals surface area contributed by atoms with Gasteiger partial charge in [0.2, 0.25) is 0 Å². The minimum absolute atomic E-state index is 0.176. The van der Waals surface area contributed by atoms with E-state index in [1.807, 2.05) is 0 Å². The number of cyclic esters (lactones) is 1. The molecule has 0 radical (unpaired) electrons. The van der Waals surface area contributed by atoms with E-state index in [0.29, 0.717) is 35.3 Å². The van der Waals surface area contributed by atoms with Crippen molar-refractivity contribution >= 4 is 16.9 Å². The van der Waals surface area contributed by atoms with Crippen LogP contribution in [-0.2, 0) is 39.3 Å². The molecule has 0 fully saturated rings. The first kappa shape index (κ1) is 21.4. The zero-order chi connectivity index (χ0) is 23.9. The van der Waals surface area contributed by atoms with E-state index in [-0.39, 0.29) is 48.9 Å². The molecule has 2 aromatic heterocycles. The molecule has 1 aromatic carbocycles. The Labute approximate surface area is 193 Å². The molecule has 6 rings (SSSR count). The number of pyridine rings is 2. The first-order valence-corrected chi connectivity index (χ1v) is 11.2. The van der Waals surface area contributed by atoms with E-state index in [0.717, 1.165) is 22.1 Å². The van der Waals surface area contributed by atoms with E-state index in [9.17, 15) is 24.2 Å². The number of nitrogens with zero attached hydrogens (tertiary/aromatic N) is 2. The number of aromatic nitrogens is 2. The summed E-state index contributed by atoms with van der Waals surface area (Å²) >= 11 is 0. The van der Waals surface area contributed by atoms with Crippen LogP contribution in [-0.4, -0.2) is 46.1 Å². The van der Waals surface area contributed by atoms with Crippen LogP contribution < -0.4 is 5.56 Å². The lowest BCUT2D eigenvalue weighted by Crippen LogP contribution is -2.40. The van der Waals surface area contributed by atoms with Crippen LogP contribution in [0.25, 0.3) is 22.3 Å². The van der Waals surface area contributed by atoms with Gasteiger partial charge in [-0.3, -0.25) is 4.79 Å². The predicted octanol–water partition coefficient (Wildman–Crippen LogP) is 1.79. The Balaban J connectivity index is 1.72. The normalized spacial score (nSPS) is 22.4. The number of ether oxygens (including phenoxy) is 2. The average Bonchev–Trinajstić information content (AvgIpc) is 3.19. The van der Waals surface area contributed by atoms with Crippen LogP contribution in [0.15, 0.2) is 16.9 Å². The summed E-state index contributed by atoms with van der Waals surface area (Å²) < 4.78 is 26.9. The van der Waals surface area contributed by atoms with Gasteiger partial charge >= 0.3 is 5.97 Å². The first-order valence-electron chi connectivity index (χ1n) is 11.2. The van der Waals surface area contributed by atoms with Crippen molar-refractivity contribution in [3.05, 3.63) is 61.7 Å². The maximum Gasteiger partial charge on any atom is 0.340 e. The Morgan fingerprint density at radius 2 is 2.09 bits per heavy atom. The Kier molecular flexibility index (Phi) is 4.52. The lowest BCUT2D eigenvalue weighted by atomic mass is 9.68. The molecule has 3 aliphatic rings. The summed E-state index contributed by atoms with van der Waals surface area (Å²) in [5, 5.41) is 21.8. The SMILES string of the molecule is COCC1(CO)CCc2c(C)c(F)cc3nc4c(c1c23)Cn1c-4cc2c(c1=O)COC(=O)C2O. The molecule has 2 unspecified atom stereocenters. The molecular weight excluding hydrogens is 443 g/mol. The van der Waals surface area contributed by atoms with Crippen LogP contribution in [0.3, 0.4) is 0 Å². The highest BCUT2D eigenvalue weighted by Crippen LogP contribution is 2.48. The molecule has 0 saturated carbocycles. The van der Waals surface area contributed by atoms with Crippen LogP contribution in [0.4, 0.5) is 4.39 Å². The number of fused-ring (bicyclic) bond motifs is 5. The quantitative estimate of drug-likeness (QED) is 0.443. The van der Waals surface area contributed by atoms with Gasteiger partial charge in [0.05, 0.1) is 42.2 Å². The molecule has 3 aromatic rings. The summed E-state index contributed by atoms with van der Waals surface area (Å²) in [7, 11) is 1.58. The van der Waals surface area contributed by atoms with Crippen LogP contribution in [0, 0.1) is 12.7 Å². The van der Waals surface area contributed by atoms with Crippen molar-refractivity contribution in [3.63, 3.8) is 0 Å². The second kappa shape index (κ2) is 7.18. The highest BCUT2D eigenvalue weighted by Gasteiger charge is 2.43. The fraction of sp³-hybridized carbons (Fsp3) is 0.400. The number of rotatable bonds is 3. The van der Waals surface area contributed by atoms with Gasteiger partial charge in [-0.25, -0.2) is 14.2 Å². The van der Waals surface area contributed by atoms with Crippen LogP contribution in [0.1, 0.15) is 45.9 Å². The maximum absolute atomic E-state index is 14.9. The van der Waals surface area contributed by atoms with Crippen molar-refractivity contribution in [1.82, 2.24) is 9.55 Å². The van der Waals surface area contributed by atoms with Gasteiger partial charge in [0.1, 0.15) is 12.4 Å². The molecular formula is C25H23FN2O6. The predicted molar refractivity (Wildman–Crippen MR) is 119 cm³/mol. The summed E-state index contributed by atoms with van der Waals surface area (Å²) in [4.78, 5) is 30.1. The zero-order valence-electron chi connectivity index (χ0n) is 18.8. The zero-order valence-corrected chi connectivity index (χ0v) is 18.8. The van der Waals surface area contributed by atoms with E-state index in [1.165, 1.54) is 6.07 Å². The van der Waals surface area contributed by atoms with Gasteiger partial charge in [0.15, 0.2) is 6.10 Å². The minimum atomic E-state index is -1.55. The number of carbonyl (C=O) groups is 1. The number of hydrogen-bond donors (Lipinski definition) is 2. The van der Waals surface area contributed by atoms with Crippen LogP contribution >= 0.6 is 0 Å². The van der Waals surface area contributed by atoms with Crippen molar-refractivity contribution in [2.24, 2.45) is 0 Å². The van der Waals surface area contributed by atoms with Gasteiger partial charge < -0.3 is 24.3 Å². The highest BCUT2D eigenvalue weighted by atomic mass is 19.1. The smallest absolute Gasteiger partial charge is 0.340 e. The molecule has 2 N–H and O–H groups in total. The molecule has 4 heterocycles. The van der Waals surface area contributed by atoms with E-state index >= 15 is 0 Å². The Hall–Kier alpha value is -3.14. The number of esters is 1. The number of aliphatic hydroxyl groups excluding tert-OH is 2. The van der Waals surface area contributed by atoms with Crippen molar-refractivity contribution in [1.29, 1.82) is 0 Å². The van der Waals surface area contributed by atoms with Crippen molar-refractivity contribution in [3.8, 4) is 11.4 Å². The van der Waals surface area contributed by atoms with Crippen molar-refractivity contribution in [2.75, 3.05) is 20.3 Å². The number of carbonyl (C=O) groups excluding carboxylic acids is 1. The van der Waals surface area contributed by atoms with Crippen molar-refractivity contribution in [2.45, 2.75) is 44.4 Å². The Morgan fingerprint density at radius 1 is 1.29 bits per heavy atom. The summed E-state index contributed by atoms with van der Waals surface area (Å²) in [5.41, 5.74) is 3.72. The van der Waals surface area contributed by atoms with Gasteiger partial charge in [-0.15, -0.1) is 0 Å². The largest absolute Gasteiger partial charge is 0.458 e. The lowest BCUT2D eigenvalue weighted by molar-refractivity contribution is -0.157. The minimum Gasteiger partial charge on any atom is -0.458 e. The van der Waals surface area contributed by atoms with E-state index in [1.54, 1.807) is 24.7 Å². The molecule has 0 bridgehead atoms. The lowest BCUT2D eigenvalue weighted by Gasteiger charge is -2.38. The Bertz CT molecular complexity index is 1480. The van der Waals surface area contributed by atoms with E-state index in [4.69, 9.17) is 14.5 Å². The van der Waals surface area contributed by atoms with Gasteiger partial charge in [0.25, 0.3) is 5.56 Å². The third-order valence-corrected chi connectivity index (χ3v) is 7.68. The molecule has 34 heavy (non-hydrogen) atoms. The number of benzene rings is 1. The average molecular weight is 466 g/mol. The molecule has 0 amide bonds. The first-order chi connectivity index (χ1) is 16.3. The molecule has 2 atom stereocenters. The highest BCUT2D eigenvalue weighted by molar-refractivity contribution is 5.93. The summed E-state index contributed by atoms with van der Waals surface area (Å²) in [6, 6.07) is 2.99. The van der Waals surface area contributed by atoms with Crippen molar-refractivity contribution < 1.29 is 28.9 Å². The van der Waals surface area contributed by atoms with E-state index in [2.05, 4.69) is 0 Å². The number of methoxy groups -OCH3 is 1. The topological polar surface area (TPSA) is 111 Å². The van der Waals surface area contributed by atoms with Crippen LogP contribution in [0.2, 0.25) is 0 Å². The van der Waals surface area contributed by atoms with Gasteiger partial charge in [-0.2, -0.15) is 0 Å².